The maximum absolute atomic E-state index is 14.4. The van der Waals surface area contributed by atoms with Crippen molar-refractivity contribution in [3.8, 4) is 16.8 Å². The molecule has 1 amide bonds. The average Bonchev–Trinajstić information content (AvgIpc) is 3.52. The molecule has 0 atom stereocenters. The number of fused-ring (bicyclic) bond motifs is 1. The molecule has 33 heavy (non-hydrogen) atoms. The van der Waals surface area contributed by atoms with Crippen LogP contribution in [0.3, 0.4) is 0 Å². The molecular weight excluding hydrogens is 430 g/mol. The van der Waals surface area contributed by atoms with E-state index in [4.69, 9.17) is 0 Å². The van der Waals surface area contributed by atoms with Crippen LogP contribution in [0.25, 0.3) is 27.8 Å². The minimum absolute atomic E-state index is 0.173. The second-order valence-corrected chi connectivity index (χ2v) is 8.11. The fraction of sp³-hybridized carbons (Fsp3) is 0.208. The number of nitrogens with one attached hydrogen (secondary N) is 1. The van der Waals surface area contributed by atoms with Crippen LogP contribution < -0.4 is 10.9 Å². The van der Waals surface area contributed by atoms with E-state index >= 15 is 0 Å². The Labute approximate surface area is 186 Å². The fourth-order valence-electron chi connectivity index (χ4n) is 3.94. The van der Waals surface area contributed by atoms with Crippen molar-refractivity contribution >= 4 is 16.9 Å². The van der Waals surface area contributed by atoms with E-state index < -0.39 is 17.2 Å². The predicted octanol–water partition coefficient (Wildman–Crippen LogP) is 3.05. The van der Waals surface area contributed by atoms with Gasteiger partial charge in [0.25, 0.3) is 11.5 Å². The van der Waals surface area contributed by atoms with Gasteiger partial charge in [0, 0.05) is 29.6 Å². The van der Waals surface area contributed by atoms with Crippen molar-refractivity contribution in [1.29, 1.82) is 0 Å². The summed E-state index contributed by atoms with van der Waals surface area (Å²) < 4.78 is 31.1. The van der Waals surface area contributed by atoms with Crippen LogP contribution in [-0.4, -0.2) is 31.4 Å². The molecule has 0 saturated heterocycles. The smallest absolute Gasteiger partial charge is 0.259 e. The molecule has 1 aliphatic carbocycles. The van der Waals surface area contributed by atoms with Crippen LogP contribution in [0.15, 0.2) is 53.5 Å². The standard InChI is InChI=1S/C24H20F2N4O3/c1-29-23-15(11-27-30(23)21-19(25)3-2-4-20(21)26)10-18(24(29)33)17-9-13(5-6-14(17)12-31)22(32)28-16-7-8-16/h2-6,9-11,16,31H,7-8,12H2,1H3,(H,28,32). The van der Waals surface area contributed by atoms with Crippen LogP contribution in [-0.2, 0) is 13.7 Å². The van der Waals surface area contributed by atoms with Crippen molar-refractivity contribution in [3.05, 3.63) is 81.8 Å². The molecule has 0 unspecified atom stereocenters. The Hall–Kier alpha value is -3.85. The topological polar surface area (TPSA) is 89.2 Å². The summed E-state index contributed by atoms with van der Waals surface area (Å²) >= 11 is 0. The van der Waals surface area contributed by atoms with Gasteiger partial charge in [-0.15, -0.1) is 0 Å². The summed E-state index contributed by atoms with van der Waals surface area (Å²) in [5, 5.41) is 17.3. The number of aliphatic hydroxyl groups is 1. The number of aliphatic hydroxyl groups excluding tert-OH is 1. The molecule has 1 fully saturated rings. The third kappa shape index (κ3) is 3.60. The van der Waals surface area contributed by atoms with Crippen LogP contribution in [0.4, 0.5) is 8.78 Å². The van der Waals surface area contributed by atoms with E-state index in [2.05, 4.69) is 10.4 Å². The maximum Gasteiger partial charge on any atom is 0.259 e. The maximum atomic E-state index is 14.4. The zero-order valence-electron chi connectivity index (χ0n) is 17.7. The zero-order valence-corrected chi connectivity index (χ0v) is 17.7. The van der Waals surface area contributed by atoms with Gasteiger partial charge in [0.1, 0.15) is 11.3 Å². The third-order valence-corrected chi connectivity index (χ3v) is 5.82. The lowest BCUT2D eigenvalue weighted by atomic mass is 9.97. The number of nitrogens with zero attached hydrogens (tertiary/aromatic N) is 3. The molecule has 0 bridgehead atoms. The number of pyridine rings is 1. The summed E-state index contributed by atoms with van der Waals surface area (Å²) in [4.78, 5) is 25.8. The highest BCUT2D eigenvalue weighted by molar-refractivity contribution is 5.96. The summed E-state index contributed by atoms with van der Waals surface area (Å²) in [6, 6.07) is 10.00. The zero-order chi connectivity index (χ0) is 23.3. The van der Waals surface area contributed by atoms with E-state index in [-0.39, 0.29) is 35.5 Å². The lowest BCUT2D eigenvalue weighted by molar-refractivity contribution is 0.0951. The molecule has 2 heterocycles. The van der Waals surface area contributed by atoms with E-state index in [9.17, 15) is 23.5 Å². The molecule has 7 nitrogen and oxygen atoms in total. The molecule has 5 rings (SSSR count). The summed E-state index contributed by atoms with van der Waals surface area (Å²) in [6.45, 7) is -0.333. The minimum Gasteiger partial charge on any atom is -0.392 e. The SMILES string of the molecule is Cn1c(=O)c(-c2cc(C(=O)NC3CC3)ccc2CO)cc2cnn(-c3c(F)cccc3F)c21. The first kappa shape index (κ1) is 21.0. The van der Waals surface area contributed by atoms with E-state index in [1.54, 1.807) is 24.3 Å². The van der Waals surface area contributed by atoms with Crippen LogP contribution in [0.2, 0.25) is 0 Å². The highest BCUT2D eigenvalue weighted by Crippen LogP contribution is 2.28. The summed E-state index contributed by atoms with van der Waals surface area (Å²) in [5.41, 5.74) is 0.862. The van der Waals surface area contributed by atoms with Crippen molar-refractivity contribution in [2.45, 2.75) is 25.5 Å². The van der Waals surface area contributed by atoms with Gasteiger partial charge in [0.05, 0.1) is 12.8 Å². The molecule has 1 aliphatic rings. The number of benzene rings is 2. The average molecular weight is 450 g/mol. The van der Waals surface area contributed by atoms with Gasteiger partial charge in [0.2, 0.25) is 0 Å². The quantitative estimate of drug-likeness (QED) is 0.489. The molecule has 0 radical (unpaired) electrons. The molecule has 9 heteroatoms. The Kier molecular flexibility index (Phi) is 5.05. The van der Waals surface area contributed by atoms with Crippen molar-refractivity contribution in [2.75, 3.05) is 0 Å². The molecule has 0 aliphatic heterocycles. The Balaban J connectivity index is 1.68. The van der Waals surface area contributed by atoms with Gasteiger partial charge in [-0.1, -0.05) is 12.1 Å². The largest absolute Gasteiger partial charge is 0.392 e. The van der Waals surface area contributed by atoms with Crippen LogP contribution in [0.5, 0.6) is 0 Å². The molecule has 2 aromatic heterocycles. The Morgan fingerprint density at radius 2 is 1.88 bits per heavy atom. The van der Waals surface area contributed by atoms with Gasteiger partial charge in [0.15, 0.2) is 11.6 Å². The third-order valence-electron chi connectivity index (χ3n) is 5.82. The van der Waals surface area contributed by atoms with E-state index in [1.165, 1.54) is 23.9 Å². The monoisotopic (exact) mass is 450 g/mol. The number of hydrogen-bond donors (Lipinski definition) is 2. The van der Waals surface area contributed by atoms with Crippen molar-refractivity contribution in [2.24, 2.45) is 7.05 Å². The number of aryl methyl sites for hydroxylation is 1. The molecule has 4 aromatic rings. The first-order valence-electron chi connectivity index (χ1n) is 10.5. The second-order valence-electron chi connectivity index (χ2n) is 8.11. The number of para-hydroxylation sites is 1. The second kappa shape index (κ2) is 7.93. The highest BCUT2D eigenvalue weighted by atomic mass is 19.1. The number of halogens is 2. The normalized spacial score (nSPS) is 13.5. The highest BCUT2D eigenvalue weighted by Gasteiger charge is 2.25. The van der Waals surface area contributed by atoms with Crippen molar-refractivity contribution in [3.63, 3.8) is 0 Å². The molecule has 2 N–H and O–H groups in total. The molecule has 0 spiro atoms. The number of carbonyl (C=O) groups is 1. The fourth-order valence-corrected chi connectivity index (χ4v) is 3.94. The van der Waals surface area contributed by atoms with Gasteiger partial charge < -0.3 is 10.4 Å². The van der Waals surface area contributed by atoms with E-state index in [0.717, 1.165) is 29.7 Å². The Bertz CT molecular complexity index is 1450. The van der Waals surface area contributed by atoms with Gasteiger partial charge in [-0.3, -0.25) is 14.2 Å². The minimum atomic E-state index is -0.812. The van der Waals surface area contributed by atoms with E-state index in [0.29, 0.717) is 22.1 Å². The Morgan fingerprint density at radius 3 is 2.55 bits per heavy atom. The number of rotatable bonds is 5. The lowest BCUT2D eigenvalue weighted by Crippen LogP contribution is -2.25. The Morgan fingerprint density at radius 1 is 1.15 bits per heavy atom. The van der Waals surface area contributed by atoms with Gasteiger partial charge >= 0.3 is 0 Å². The first-order chi connectivity index (χ1) is 15.9. The summed E-state index contributed by atoms with van der Waals surface area (Å²) in [7, 11) is 1.48. The molecular formula is C24H20F2N4O3. The summed E-state index contributed by atoms with van der Waals surface area (Å²) in [5.74, 6) is -1.87. The summed E-state index contributed by atoms with van der Waals surface area (Å²) in [6.07, 6.45) is 3.29. The van der Waals surface area contributed by atoms with Crippen LogP contribution in [0, 0.1) is 11.6 Å². The number of amides is 1. The van der Waals surface area contributed by atoms with Crippen molar-refractivity contribution < 1.29 is 18.7 Å². The van der Waals surface area contributed by atoms with Crippen LogP contribution in [0.1, 0.15) is 28.8 Å². The van der Waals surface area contributed by atoms with E-state index in [1.807, 2.05) is 0 Å². The predicted molar refractivity (Wildman–Crippen MR) is 118 cm³/mol. The first-order valence-corrected chi connectivity index (χ1v) is 10.5. The van der Waals surface area contributed by atoms with Gasteiger partial charge in [-0.25, -0.2) is 13.5 Å². The number of aromatic nitrogens is 3. The molecule has 168 valence electrons. The molecule has 1 saturated carbocycles. The van der Waals surface area contributed by atoms with Gasteiger partial charge in [-0.2, -0.15) is 5.10 Å². The van der Waals surface area contributed by atoms with Crippen molar-refractivity contribution in [1.82, 2.24) is 19.7 Å². The number of carbonyl (C=O) groups excluding carboxylic acids is 1. The number of hydrogen-bond acceptors (Lipinski definition) is 4. The van der Waals surface area contributed by atoms with Gasteiger partial charge in [-0.05, 0) is 54.3 Å². The van der Waals surface area contributed by atoms with Crippen LogP contribution >= 0.6 is 0 Å². The lowest BCUT2D eigenvalue weighted by Gasteiger charge is -2.13. The molecule has 2 aromatic carbocycles.